The quantitative estimate of drug-likeness (QED) is 0.591. The number of hydrogen-bond acceptors (Lipinski definition) is 3. The van der Waals surface area contributed by atoms with Gasteiger partial charge in [-0.25, -0.2) is 4.39 Å². The van der Waals surface area contributed by atoms with Gasteiger partial charge in [0.1, 0.15) is 11.9 Å². The van der Waals surface area contributed by atoms with Gasteiger partial charge in [-0.2, -0.15) is 0 Å². The Morgan fingerprint density at radius 3 is 2.91 bits per heavy atom. The highest BCUT2D eigenvalue weighted by atomic mass is 19.1. The molecule has 1 aromatic heterocycles. The number of hydrogen-bond donors (Lipinski definition) is 3. The summed E-state index contributed by atoms with van der Waals surface area (Å²) in [5.74, 6) is -0.875. The number of rotatable bonds is 6. The smallest absolute Gasteiger partial charge is 0.256 e. The zero-order valence-electron chi connectivity index (χ0n) is 18.7. The van der Waals surface area contributed by atoms with E-state index in [-0.39, 0.29) is 29.5 Å². The summed E-state index contributed by atoms with van der Waals surface area (Å²) in [6.45, 7) is 5.65. The van der Waals surface area contributed by atoms with E-state index in [1.807, 2.05) is 6.07 Å². The highest BCUT2D eigenvalue weighted by Gasteiger charge is 2.27. The lowest BCUT2D eigenvalue weighted by atomic mass is 9.88. The van der Waals surface area contributed by atoms with Gasteiger partial charge < -0.3 is 20.5 Å². The average molecular weight is 451 g/mol. The lowest BCUT2D eigenvalue weighted by Gasteiger charge is -2.26. The third-order valence-electron chi connectivity index (χ3n) is 6.44. The van der Waals surface area contributed by atoms with E-state index >= 15 is 0 Å². The number of H-pyrrole nitrogens is 1. The van der Waals surface area contributed by atoms with E-state index in [2.05, 4.69) is 22.2 Å². The molecule has 2 atom stereocenters. The van der Waals surface area contributed by atoms with E-state index in [0.29, 0.717) is 23.4 Å². The minimum atomic E-state index is -0.580. The Kier molecular flexibility index (Phi) is 6.18. The summed E-state index contributed by atoms with van der Waals surface area (Å²) in [7, 11) is 1.58. The highest BCUT2D eigenvalue weighted by molar-refractivity contribution is 6.34. The summed E-state index contributed by atoms with van der Waals surface area (Å²) in [6.07, 6.45) is 5.49. The number of amides is 3. The van der Waals surface area contributed by atoms with Crippen molar-refractivity contribution in [1.29, 1.82) is 0 Å². The summed E-state index contributed by atoms with van der Waals surface area (Å²) in [4.78, 5) is 41.2. The topological polar surface area (TPSA) is 94.3 Å². The Morgan fingerprint density at radius 2 is 2.15 bits per heavy atom. The van der Waals surface area contributed by atoms with Crippen molar-refractivity contribution >= 4 is 35.1 Å². The predicted octanol–water partition coefficient (Wildman–Crippen LogP) is 2.90. The number of nitrogens with one attached hydrogen (secondary N) is 3. The molecule has 0 radical (unpaired) electrons. The van der Waals surface area contributed by atoms with Crippen LogP contribution in [0.3, 0.4) is 0 Å². The monoisotopic (exact) mass is 450 g/mol. The first-order chi connectivity index (χ1) is 15.8. The number of likely N-dealkylation sites (N-methyl/N-ethyl adjacent to an activating group) is 1. The molecule has 3 amide bonds. The second-order valence-corrected chi connectivity index (χ2v) is 8.61. The van der Waals surface area contributed by atoms with Crippen LogP contribution in [0.15, 0.2) is 36.9 Å². The molecule has 33 heavy (non-hydrogen) atoms. The zero-order chi connectivity index (χ0) is 23.7. The molecule has 7 nitrogen and oxygen atoms in total. The number of fused-ring (bicyclic) bond motifs is 2. The van der Waals surface area contributed by atoms with Crippen LogP contribution in [0, 0.1) is 11.7 Å². The Hall–Kier alpha value is -3.68. The van der Waals surface area contributed by atoms with Crippen molar-refractivity contribution in [2.24, 2.45) is 5.92 Å². The van der Waals surface area contributed by atoms with E-state index in [1.54, 1.807) is 26.1 Å². The van der Waals surface area contributed by atoms with Crippen LogP contribution in [-0.4, -0.2) is 47.2 Å². The molecule has 2 heterocycles. The summed E-state index contributed by atoms with van der Waals surface area (Å²) < 4.78 is 13.7. The van der Waals surface area contributed by atoms with Crippen LogP contribution in [0.25, 0.3) is 11.6 Å². The second kappa shape index (κ2) is 9.05. The van der Waals surface area contributed by atoms with Crippen molar-refractivity contribution in [3.8, 4) is 0 Å². The van der Waals surface area contributed by atoms with Gasteiger partial charge in [-0.1, -0.05) is 6.58 Å². The van der Waals surface area contributed by atoms with Crippen LogP contribution >= 0.6 is 0 Å². The van der Waals surface area contributed by atoms with Gasteiger partial charge >= 0.3 is 0 Å². The number of anilines is 1. The minimum Gasteiger partial charge on any atom is -0.359 e. The number of nitrogens with zero attached hydrogens (tertiary/aromatic N) is 1. The van der Waals surface area contributed by atoms with E-state index in [0.717, 1.165) is 30.7 Å². The fraction of sp³-hybridized carbons (Fsp3) is 0.320. The highest BCUT2D eigenvalue weighted by Crippen LogP contribution is 2.34. The molecule has 0 spiro atoms. The molecule has 0 saturated heterocycles. The molecule has 0 saturated carbocycles. The first kappa shape index (κ1) is 22.5. The fourth-order valence-corrected chi connectivity index (χ4v) is 4.34. The van der Waals surface area contributed by atoms with Crippen molar-refractivity contribution in [3.63, 3.8) is 0 Å². The lowest BCUT2D eigenvalue weighted by molar-refractivity contribution is -0.135. The Morgan fingerprint density at radius 1 is 1.36 bits per heavy atom. The molecule has 4 rings (SSSR count). The van der Waals surface area contributed by atoms with Crippen LogP contribution in [0.5, 0.6) is 0 Å². The number of carbonyl (C=O) groups excluding carboxylic acids is 3. The van der Waals surface area contributed by atoms with Crippen LogP contribution < -0.4 is 10.6 Å². The van der Waals surface area contributed by atoms with Crippen LogP contribution in [0.1, 0.15) is 35.9 Å². The summed E-state index contributed by atoms with van der Waals surface area (Å²) in [5.41, 5.74) is 4.66. The molecule has 2 aromatic rings. The van der Waals surface area contributed by atoms with Gasteiger partial charge in [0.15, 0.2) is 0 Å². The van der Waals surface area contributed by atoms with Crippen molar-refractivity contribution in [2.75, 3.05) is 18.9 Å². The maximum absolute atomic E-state index is 13.7. The summed E-state index contributed by atoms with van der Waals surface area (Å²) >= 11 is 0. The Bertz CT molecular complexity index is 1170. The number of aryl methyl sites for hydroxylation is 1. The van der Waals surface area contributed by atoms with Crippen molar-refractivity contribution in [3.05, 3.63) is 65.3 Å². The molecule has 0 fully saturated rings. The van der Waals surface area contributed by atoms with Crippen molar-refractivity contribution in [1.82, 2.24) is 15.2 Å². The number of carbonyl (C=O) groups is 3. The Labute approximate surface area is 191 Å². The largest absolute Gasteiger partial charge is 0.359 e. The fourth-order valence-electron chi connectivity index (χ4n) is 4.34. The lowest BCUT2D eigenvalue weighted by Crippen LogP contribution is -2.46. The predicted molar refractivity (Wildman–Crippen MR) is 125 cm³/mol. The minimum absolute atomic E-state index is 0.200. The molecule has 2 aliphatic rings. The van der Waals surface area contributed by atoms with Gasteiger partial charge in [0, 0.05) is 36.2 Å². The summed E-state index contributed by atoms with van der Waals surface area (Å²) in [5, 5.41) is 5.71. The molecule has 0 bridgehead atoms. The first-order valence-corrected chi connectivity index (χ1v) is 11.0. The summed E-state index contributed by atoms with van der Waals surface area (Å²) in [6, 6.07) is 5.70. The van der Waals surface area contributed by atoms with Crippen LogP contribution in [0.2, 0.25) is 0 Å². The van der Waals surface area contributed by atoms with Crippen LogP contribution in [0.4, 0.5) is 10.1 Å². The molecule has 3 N–H and O–H groups in total. The van der Waals surface area contributed by atoms with E-state index in [1.165, 1.54) is 28.7 Å². The average Bonchev–Trinajstić information content (AvgIpc) is 3.35. The number of aromatic nitrogens is 1. The van der Waals surface area contributed by atoms with Gasteiger partial charge in [0.2, 0.25) is 11.8 Å². The van der Waals surface area contributed by atoms with E-state index in [4.69, 9.17) is 0 Å². The maximum Gasteiger partial charge on any atom is 0.256 e. The molecule has 172 valence electrons. The molecular weight excluding hydrogens is 423 g/mol. The molecule has 8 heteroatoms. The maximum atomic E-state index is 13.7. The van der Waals surface area contributed by atoms with Crippen LogP contribution in [-0.2, 0) is 27.2 Å². The number of aromatic amines is 1. The van der Waals surface area contributed by atoms with Crippen molar-refractivity contribution in [2.45, 2.75) is 32.2 Å². The number of halogens is 1. The van der Waals surface area contributed by atoms with E-state index < -0.39 is 6.04 Å². The van der Waals surface area contributed by atoms with Gasteiger partial charge in [-0.3, -0.25) is 14.4 Å². The standard InChI is InChI=1S/C25H27FN4O3/c1-4-23(31)30(3)14(2)24(32)27-13-15-5-6-16-10-18(28-22(16)9-15)12-20-19-11-17(26)7-8-21(19)29-25(20)33/h4,7-8,10-12,14-15,28H,1,5-6,9,13H2,2-3H3,(H,27,32)(H,29,33)/b20-12-. The zero-order valence-corrected chi connectivity index (χ0v) is 18.7. The second-order valence-electron chi connectivity index (χ2n) is 8.61. The van der Waals surface area contributed by atoms with Gasteiger partial charge in [0.05, 0.1) is 5.57 Å². The SMILES string of the molecule is C=CC(=O)N(C)C(C)C(=O)NCC1CCc2cc(/C=C3\C(=O)Nc4ccc(F)cc43)[nH]c2C1. The van der Waals surface area contributed by atoms with Gasteiger partial charge in [0.25, 0.3) is 5.91 Å². The molecular formula is C25H27FN4O3. The molecule has 1 aliphatic heterocycles. The molecule has 2 unspecified atom stereocenters. The molecule has 1 aliphatic carbocycles. The normalized spacial score (nSPS) is 18.8. The third-order valence-corrected chi connectivity index (χ3v) is 6.44. The molecule has 1 aromatic carbocycles. The number of benzene rings is 1. The van der Waals surface area contributed by atoms with Gasteiger partial charge in [-0.15, -0.1) is 0 Å². The third kappa shape index (κ3) is 4.60. The Balaban J connectivity index is 1.41. The first-order valence-electron chi connectivity index (χ1n) is 11.0. The van der Waals surface area contributed by atoms with Crippen molar-refractivity contribution < 1.29 is 18.8 Å². The van der Waals surface area contributed by atoms with E-state index in [9.17, 15) is 18.8 Å². The van der Waals surface area contributed by atoms with Gasteiger partial charge in [-0.05, 0) is 74.1 Å².